The van der Waals surface area contributed by atoms with Crippen LogP contribution in [0.1, 0.15) is 11.1 Å². The molecule has 2 aromatic rings. The fourth-order valence-corrected chi connectivity index (χ4v) is 2.15. The van der Waals surface area contributed by atoms with Gasteiger partial charge in [0.1, 0.15) is 17.3 Å². The molecule has 104 valence electrons. The molecule has 0 aliphatic heterocycles. The summed E-state index contributed by atoms with van der Waals surface area (Å²) in [5.74, 6) is 0.295. The molecule has 4 heteroatoms. The van der Waals surface area contributed by atoms with Crippen LogP contribution in [0.15, 0.2) is 42.5 Å². The van der Waals surface area contributed by atoms with Gasteiger partial charge in [0.15, 0.2) is 0 Å². The van der Waals surface area contributed by atoms with Gasteiger partial charge in [-0.3, -0.25) is 4.79 Å². The summed E-state index contributed by atoms with van der Waals surface area (Å²) < 4.78 is 18.2. The maximum Gasteiger partial charge on any atom is 0.141 e. The second-order valence-corrected chi connectivity index (χ2v) is 4.89. The summed E-state index contributed by atoms with van der Waals surface area (Å²) in [7, 11) is 1.58. The number of hydrogen-bond donors (Lipinski definition) is 0. The second-order valence-electron chi connectivity index (χ2n) is 4.48. The van der Waals surface area contributed by atoms with E-state index < -0.39 is 5.82 Å². The number of benzene rings is 2. The summed E-state index contributed by atoms with van der Waals surface area (Å²) >= 11 is 5.95. The Balaban J connectivity index is 2.07. The van der Waals surface area contributed by atoms with Gasteiger partial charge < -0.3 is 4.74 Å². The van der Waals surface area contributed by atoms with E-state index in [-0.39, 0.29) is 18.6 Å². The largest absolute Gasteiger partial charge is 0.497 e. The highest BCUT2D eigenvalue weighted by Gasteiger charge is 2.10. The van der Waals surface area contributed by atoms with Crippen LogP contribution in [-0.4, -0.2) is 12.9 Å². The van der Waals surface area contributed by atoms with Crippen LogP contribution in [0, 0.1) is 5.82 Å². The zero-order chi connectivity index (χ0) is 14.5. The van der Waals surface area contributed by atoms with Crippen molar-refractivity contribution in [1.29, 1.82) is 0 Å². The molecule has 20 heavy (non-hydrogen) atoms. The van der Waals surface area contributed by atoms with Crippen molar-refractivity contribution in [2.75, 3.05) is 7.11 Å². The van der Waals surface area contributed by atoms with E-state index in [1.807, 2.05) is 24.3 Å². The molecule has 0 saturated heterocycles. The van der Waals surface area contributed by atoms with E-state index in [9.17, 15) is 9.18 Å². The van der Waals surface area contributed by atoms with Crippen LogP contribution in [0.4, 0.5) is 4.39 Å². The van der Waals surface area contributed by atoms with Crippen molar-refractivity contribution in [2.45, 2.75) is 12.8 Å². The highest BCUT2D eigenvalue weighted by molar-refractivity contribution is 6.31. The summed E-state index contributed by atoms with van der Waals surface area (Å²) in [6, 6.07) is 11.3. The smallest absolute Gasteiger partial charge is 0.141 e. The third-order valence-electron chi connectivity index (χ3n) is 2.93. The van der Waals surface area contributed by atoms with Gasteiger partial charge in [0.2, 0.25) is 0 Å². The van der Waals surface area contributed by atoms with Crippen molar-refractivity contribution in [3.63, 3.8) is 0 Å². The summed E-state index contributed by atoms with van der Waals surface area (Å²) in [6.07, 6.45) is 0.387. The fourth-order valence-electron chi connectivity index (χ4n) is 1.96. The molecule has 0 unspecified atom stereocenters. The van der Waals surface area contributed by atoms with Crippen molar-refractivity contribution >= 4 is 17.4 Å². The molecular weight excluding hydrogens is 279 g/mol. The molecule has 2 aromatic carbocycles. The van der Waals surface area contributed by atoms with Crippen LogP contribution in [0.5, 0.6) is 5.75 Å². The van der Waals surface area contributed by atoms with Gasteiger partial charge in [0.25, 0.3) is 0 Å². The lowest BCUT2D eigenvalue weighted by Gasteiger charge is -2.06. The van der Waals surface area contributed by atoms with Gasteiger partial charge in [-0.2, -0.15) is 0 Å². The minimum Gasteiger partial charge on any atom is -0.497 e. The quantitative estimate of drug-likeness (QED) is 0.837. The van der Waals surface area contributed by atoms with Gasteiger partial charge in [-0.15, -0.1) is 0 Å². The standard InChI is InChI=1S/C16H14ClFO2/c1-20-15-4-2-3-11(8-15)7-14(19)10-12-9-13(18)5-6-16(12)17/h2-6,8-9H,7,10H2,1H3. The number of methoxy groups -OCH3 is 1. The fraction of sp³-hybridized carbons (Fsp3) is 0.188. The van der Waals surface area contributed by atoms with Crippen LogP contribution in [0.3, 0.4) is 0 Å². The molecule has 0 bridgehead atoms. The normalized spacial score (nSPS) is 10.3. The number of rotatable bonds is 5. The van der Waals surface area contributed by atoms with Gasteiger partial charge in [-0.25, -0.2) is 4.39 Å². The Morgan fingerprint density at radius 1 is 1.20 bits per heavy atom. The van der Waals surface area contributed by atoms with E-state index in [4.69, 9.17) is 16.3 Å². The molecule has 0 radical (unpaired) electrons. The monoisotopic (exact) mass is 292 g/mol. The zero-order valence-corrected chi connectivity index (χ0v) is 11.8. The number of hydrogen-bond acceptors (Lipinski definition) is 2. The van der Waals surface area contributed by atoms with Crippen LogP contribution in [0.25, 0.3) is 0 Å². The SMILES string of the molecule is COc1cccc(CC(=O)Cc2cc(F)ccc2Cl)c1. The van der Waals surface area contributed by atoms with Gasteiger partial charge in [-0.1, -0.05) is 23.7 Å². The van der Waals surface area contributed by atoms with Gasteiger partial charge in [-0.05, 0) is 41.5 Å². The molecule has 0 atom stereocenters. The Morgan fingerprint density at radius 2 is 2.00 bits per heavy atom. The Morgan fingerprint density at radius 3 is 2.75 bits per heavy atom. The molecular formula is C16H14ClFO2. The van der Waals surface area contributed by atoms with Crippen LogP contribution < -0.4 is 4.74 Å². The first-order chi connectivity index (χ1) is 9.58. The Bertz CT molecular complexity index is 626. The third-order valence-corrected chi connectivity index (χ3v) is 3.30. The summed E-state index contributed by atoms with van der Waals surface area (Å²) in [6.45, 7) is 0. The molecule has 0 amide bonds. The lowest BCUT2D eigenvalue weighted by molar-refractivity contribution is -0.117. The van der Waals surface area contributed by atoms with Crippen molar-refractivity contribution in [3.05, 3.63) is 64.4 Å². The molecule has 2 nitrogen and oxygen atoms in total. The summed E-state index contributed by atoms with van der Waals surface area (Å²) in [5.41, 5.74) is 1.38. The van der Waals surface area contributed by atoms with E-state index >= 15 is 0 Å². The maximum atomic E-state index is 13.1. The number of ketones is 1. The van der Waals surface area contributed by atoms with Crippen LogP contribution in [-0.2, 0) is 17.6 Å². The van der Waals surface area contributed by atoms with E-state index in [1.165, 1.54) is 18.2 Å². The molecule has 0 N–H and O–H groups in total. The molecule has 0 heterocycles. The van der Waals surface area contributed by atoms with Crippen molar-refractivity contribution in [1.82, 2.24) is 0 Å². The molecule has 2 rings (SSSR count). The molecule has 0 fully saturated rings. The first-order valence-electron chi connectivity index (χ1n) is 6.17. The molecule has 0 spiro atoms. The van der Waals surface area contributed by atoms with Gasteiger partial charge in [0.05, 0.1) is 7.11 Å². The Labute approximate surface area is 122 Å². The highest BCUT2D eigenvalue weighted by atomic mass is 35.5. The van der Waals surface area contributed by atoms with Crippen molar-refractivity contribution in [3.8, 4) is 5.75 Å². The predicted octanol–water partition coefficient (Wildman–Crippen LogP) is 3.84. The topological polar surface area (TPSA) is 26.3 Å². The van der Waals surface area contributed by atoms with E-state index in [1.54, 1.807) is 7.11 Å². The van der Waals surface area contributed by atoms with Crippen LogP contribution >= 0.6 is 11.6 Å². The summed E-state index contributed by atoms with van der Waals surface area (Å²) in [5, 5.41) is 0.408. The average Bonchev–Trinajstić information content (AvgIpc) is 2.43. The van der Waals surface area contributed by atoms with Crippen molar-refractivity contribution < 1.29 is 13.9 Å². The zero-order valence-electron chi connectivity index (χ0n) is 11.0. The molecule has 0 aromatic heterocycles. The third kappa shape index (κ3) is 3.81. The van der Waals surface area contributed by atoms with Crippen LogP contribution in [0.2, 0.25) is 5.02 Å². The van der Waals surface area contributed by atoms with Gasteiger partial charge in [0, 0.05) is 17.9 Å². The Hall–Kier alpha value is -1.87. The lowest BCUT2D eigenvalue weighted by Crippen LogP contribution is -2.07. The van der Waals surface area contributed by atoms with Gasteiger partial charge >= 0.3 is 0 Å². The number of carbonyl (C=O) groups is 1. The number of ether oxygens (including phenoxy) is 1. The average molecular weight is 293 g/mol. The molecule has 0 saturated carbocycles. The number of halogens is 2. The van der Waals surface area contributed by atoms with E-state index in [0.717, 1.165) is 5.56 Å². The summed E-state index contributed by atoms with van der Waals surface area (Å²) in [4.78, 5) is 12.0. The minimum atomic E-state index is -0.390. The number of Topliss-reactive ketones (excluding diaryl/α,β-unsaturated/α-hetero) is 1. The maximum absolute atomic E-state index is 13.1. The minimum absolute atomic E-state index is 0.0225. The van der Waals surface area contributed by atoms with E-state index in [0.29, 0.717) is 16.3 Å². The highest BCUT2D eigenvalue weighted by Crippen LogP contribution is 2.19. The van der Waals surface area contributed by atoms with Crippen molar-refractivity contribution in [2.24, 2.45) is 0 Å². The first kappa shape index (κ1) is 14.5. The first-order valence-corrected chi connectivity index (χ1v) is 6.55. The predicted molar refractivity (Wildman–Crippen MR) is 76.8 cm³/mol. The lowest BCUT2D eigenvalue weighted by atomic mass is 10.0. The Kier molecular flexibility index (Phi) is 4.74. The number of carbonyl (C=O) groups excluding carboxylic acids is 1. The second kappa shape index (κ2) is 6.53. The molecule has 0 aliphatic carbocycles. The molecule has 0 aliphatic rings. The van der Waals surface area contributed by atoms with E-state index in [2.05, 4.69) is 0 Å².